The van der Waals surface area contributed by atoms with Crippen LogP contribution in [0.1, 0.15) is 10.4 Å². The van der Waals surface area contributed by atoms with Crippen molar-refractivity contribution in [3.63, 3.8) is 0 Å². The summed E-state index contributed by atoms with van der Waals surface area (Å²) in [6.45, 7) is 0. The summed E-state index contributed by atoms with van der Waals surface area (Å²) in [6, 6.07) is 16.7. The minimum Gasteiger partial charge on any atom is -0.478 e. The third kappa shape index (κ3) is 2.43. The molecule has 0 saturated carbocycles. The lowest BCUT2D eigenvalue weighted by Gasteiger charge is -2.21. The lowest BCUT2D eigenvalue weighted by atomic mass is 10.1. The molecular weight excluding hydrogens is 264 g/mol. The maximum Gasteiger partial charge on any atom is 0.335 e. The molecule has 0 aliphatic heterocycles. The Balaban J connectivity index is 2.04. The molecule has 2 aromatic carbocycles. The minimum absolute atomic E-state index is 0.284. The van der Waals surface area contributed by atoms with E-state index in [1.807, 2.05) is 42.3 Å². The highest BCUT2D eigenvalue weighted by atomic mass is 16.4. The van der Waals surface area contributed by atoms with Crippen molar-refractivity contribution in [2.24, 2.45) is 0 Å². The summed E-state index contributed by atoms with van der Waals surface area (Å²) in [6.07, 6.45) is 1.78. The summed E-state index contributed by atoms with van der Waals surface area (Å²) in [5.41, 5.74) is 3.18. The van der Waals surface area contributed by atoms with E-state index in [2.05, 4.69) is 4.98 Å². The fraction of sp³-hybridized carbons (Fsp3) is 0.0588. The summed E-state index contributed by atoms with van der Waals surface area (Å²) < 4.78 is 0. The third-order valence-corrected chi connectivity index (χ3v) is 3.49. The van der Waals surface area contributed by atoms with Gasteiger partial charge in [-0.3, -0.25) is 4.98 Å². The quantitative estimate of drug-likeness (QED) is 0.793. The van der Waals surface area contributed by atoms with Crippen LogP contribution in [-0.4, -0.2) is 23.1 Å². The zero-order valence-corrected chi connectivity index (χ0v) is 11.5. The molecule has 0 saturated heterocycles. The number of anilines is 2. The molecule has 1 aromatic heterocycles. The Kier molecular flexibility index (Phi) is 3.28. The molecule has 0 bridgehead atoms. The van der Waals surface area contributed by atoms with Gasteiger partial charge >= 0.3 is 5.97 Å². The molecule has 1 N–H and O–H groups in total. The summed E-state index contributed by atoms with van der Waals surface area (Å²) in [4.78, 5) is 17.3. The van der Waals surface area contributed by atoms with Crippen molar-refractivity contribution in [1.82, 2.24) is 4.98 Å². The van der Waals surface area contributed by atoms with Gasteiger partial charge < -0.3 is 10.0 Å². The fourth-order valence-electron chi connectivity index (χ4n) is 2.34. The zero-order chi connectivity index (χ0) is 14.8. The molecule has 0 radical (unpaired) electrons. The molecule has 4 heteroatoms. The summed E-state index contributed by atoms with van der Waals surface area (Å²) in [7, 11) is 1.96. The highest BCUT2D eigenvalue weighted by Gasteiger charge is 2.09. The van der Waals surface area contributed by atoms with E-state index in [0.29, 0.717) is 0 Å². The standard InChI is InChI=1S/C17H14N2O2/c1-19(13-8-6-12(7-9-13)17(20)21)16-10-11-18-15-5-3-2-4-14(15)16/h2-11H,1H3,(H,20,21). The normalized spacial score (nSPS) is 10.5. The number of carboxylic acids is 1. The number of hydrogen-bond donors (Lipinski definition) is 1. The number of hydrogen-bond acceptors (Lipinski definition) is 3. The lowest BCUT2D eigenvalue weighted by molar-refractivity contribution is 0.0697. The van der Waals surface area contributed by atoms with Gasteiger partial charge in [0.15, 0.2) is 0 Å². The largest absolute Gasteiger partial charge is 0.478 e. The number of pyridine rings is 1. The first-order valence-corrected chi connectivity index (χ1v) is 6.57. The monoisotopic (exact) mass is 278 g/mol. The third-order valence-electron chi connectivity index (χ3n) is 3.49. The number of carboxylic acid groups (broad SMARTS) is 1. The zero-order valence-electron chi connectivity index (χ0n) is 11.5. The Hall–Kier alpha value is -2.88. The van der Waals surface area contributed by atoms with Gasteiger partial charge in [0.1, 0.15) is 0 Å². The van der Waals surface area contributed by atoms with E-state index < -0.39 is 5.97 Å². The molecule has 0 atom stereocenters. The van der Waals surface area contributed by atoms with Gasteiger partial charge in [-0.25, -0.2) is 4.79 Å². The number of carbonyl (C=O) groups is 1. The van der Waals surface area contributed by atoms with Crippen molar-refractivity contribution < 1.29 is 9.90 Å². The second-order valence-electron chi connectivity index (χ2n) is 4.76. The maximum absolute atomic E-state index is 10.9. The van der Waals surface area contributed by atoms with Crippen molar-refractivity contribution in [2.45, 2.75) is 0 Å². The molecule has 0 aliphatic carbocycles. The average Bonchev–Trinajstić information content (AvgIpc) is 2.53. The van der Waals surface area contributed by atoms with Gasteiger partial charge in [-0.1, -0.05) is 18.2 Å². The molecular formula is C17H14N2O2. The first-order valence-electron chi connectivity index (χ1n) is 6.57. The van der Waals surface area contributed by atoms with E-state index in [9.17, 15) is 4.79 Å². The minimum atomic E-state index is -0.918. The highest BCUT2D eigenvalue weighted by Crippen LogP contribution is 2.29. The van der Waals surface area contributed by atoms with Crippen LogP contribution >= 0.6 is 0 Å². The van der Waals surface area contributed by atoms with Gasteiger partial charge in [0.2, 0.25) is 0 Å². The van der Waals surface area contributed by atoms with Gasteiger partial charge in [0.25, 0.3) is 0 Å². The number of fused-ring (bicyclic) bond motifs is 1. The fourth-order valence-corrected chi connectivity index (χ4v) is 2.34. The van der Waals surface area contributed by atoms with Crippen LogP contribution in [0, 0.1) is 0 Å². The van der Waals surface area contributed by atoms with E-state index in [-0.39, 0.29) is 5.56 Å². The average molecular weight is 278 g/mol. The van der Waals surface area contributed by atoms with E-state index in [1.165, 1.54) is 0 Å². The Morgan fingerprint density at radius 2 is 1.76 bits per heavy atom. The van der Waals surface area contributed by atoms with Crippen LogP contribution < -0.4 is 4.90 Å². The number of rotatable bonds is 3. The van der Waals surface area contributed by atoms with Gasteiger partial charge in [0, 0.05) is 24.3 Å². The molecule has 3 rings (SSSR count). The van der Waals surface area contributed by atoms with E-state index >= 15 is 0 Å². The number of benzene rings is 2. The lowest BCUT2D eigenvalue weighted by Crippen LogP contribution is -2.10. The molecule has 4 nitrogen and oxygen atoms in total. The summed E-state index contributed by atoms with van der Waals surface area (Å²) in [5.74, 6) is -0.918. The van der Waals surface area contributed by atoms with Crippen LogP contribution in [0.3, 0.4) is 0 Å². The summed E-state index contributed by atoms with van der Waals surface area (Å²) in [5, 5.41) is 10.0. The number of nitrogens with zero attached hydrogens (tertiary/aromatic N) is 2. The van der Waals surface area contributed by atoms with Crippen molar-refractivity contribution in [3.05, 3.63) is 66.4 Å². The number of aromatic carboxylic acids is 1. The van der Waals surface area contributed by atoms with Crippen molar-refractivity contribution in [2.75, 3.05) is 11.9 Å². The Bertz CT molecular complexity index is 792. The molecule has 0 spiro atoms. The Morgan fingerprint density at radius 3 is 2.48 bits per heavy atom. The molecule has 0 aliphatic rings. The van der Waals surface area contributed by atoms with Gasteiger partial charge in [0.05, 0.1) is 16.8 Å². The molecule has 104 valence electrons. The van der Waals surface area contributed by atoms with E-state index in [4.69, 9.17) is 5.11 Å². The van der Waals surface area contributed by atoms with E-state index in [1.54, 1.807) is 30.5 Å². The van der Waals surface area contributed by atoms with Gasteiger partial charge in [-0.2, -0.15) is 0 Å². The predicted octanol–water partition coefficient (Wildman–Crippen LogP) is 3.70. The molecule has 3 aromatic rings. The first kappa shape index (κ1) is 13.1. The predicted molar refractivity (Wildman–Crippen MR) is 83.2 cm³/mol. The summed E-state index contributed by atoms with van der Waals surface area (Å²) >= 11 is 0. The van der Waals surface area contributed by atoms with E-state index in [0.717, 1.165) is 22.3 Å². The SMILES string of the molecule is CN(c1ccc(C(=O)O)cc1)c1ccnc2ccccc12. The van der Waals surface area contributed by atoms with Gasteiger partial charge in [-0.15, -0.1) is 0 Å². The van der Waals surface area contributed by atoms with Crippen LogP contribution in [0.15, 0.2) is 60.8 Å². The second kappa shape index (κ2) is 5.25. The first-order chi connectivity index (χ1) is 10.2. The molecule has 21 heavy (non-hydrogen) atoms. The Morgan fingerprint density at radius 1 is 1.05 bits per heavy atom. The second-order valence-corrected chi connectivity index (χ2v) is 4.76. The topological polar surface area (TPSA) is 53.4 Å². The van der Waals surface area contributed by atoms with Crippen LogP contribution in [0.5, 0.6) is 0 Å². The van der Waals surface area contributed by atoms with Crippen LogP contribution in [0.25, 0.3) is 10.9 Å². The van der Waals surface area contributed by atoms with Gasteiger partial charge in [-0.05, 0) is 36.4 Å². The van der Waals surface area contributed by atoms with Crippen molar-refractivity contribution in [1.29, 1.82) is 0 Å². The van der Waals surface area contributed by atoms with Crippen LogP contribution in [0.2, 0.25) is 0 Å². The smallest absolute Gasteiger partial charge is 0.335 e. The molecule has 0 fully saturated rings. The molecule has 0 amide bonds. The number of aromatic nitrogens is 1. The Labute approximate surface area is 122 Å². The van der Waals surface area contributed by atoms with Crippen molar-refractivity contribution in [3.8, 4) is 0 Å². The number of para-hydroxylation sites is 1. The van der Waals surface area contributed by atoms with Crippen molar-refractivity contribution >= 4 is 28.2 Å². The highest BCUT2D eigenvalue weighted by molar-refractivity contribution is 5.94. The van der Waals surface area contributed by atoms with Crippen LogP contribution in [0.4, 0.5) is 11.4 Å². The van der Waals surface area contributed by atoms with Crippen LogP contribution in [-0.2, 0) is 0 Å². The maximum atomic E-state index is 10.9. The molecule has 1 heterocycles. The molecule has 0 unspecified atom stereocenters.